The SMILES string of the molecule is C=C(C)CCc1c(OC)cc(C=Cc2ccccc2)c(C(N)=O)c1O. The average molecular weight is 337 g/mol. The first-order chi connectivity index (χ1) is 11.9. The van der Waals surface area contributed by atoms with E-state index in [-0.39, 0.29) is 11.3 Å². The summed E-state index contributed by atoms with van der Waals surface area (Å²) in [6, 6.07) is 11.4. The molecule has 0 heterocycles. The number of amides is 1. The summed E-state index contributed by atoms with van der Waals surface area (Å²) in [5.41, 5.74) is 8.65. The van der Waals surface area contributed by atoms with Crippen LogP contribution in [0.4, 0.5) is 0 Å². The largest absolute Gasteiger partial charge is 0.507 e. The van der Waals surface area contributed by atoms with Gasteiger partial charge in [-0.2, -0.15) is 0 Å². The number of phenols is 1. The zero-order valence-electron chi connectivity index (χ0n) is 14.6. The van der Waals surface area contributed by atoms with Gasteiger partial charge in [0.15, 0.2) is 0 Å². The fourth-order valence-corrected chi connectivity index (χ4v) is 2.61. The van der Waals surface area contributed by atoms with Gasteiger partial charge in [0.05, 0.1) is 12.7 Å². The molecule has 0 aliphatic rings. The van der Waals surface area contributed by atoms with E-state index in [2.05, 4.69) is 6.58 Å². The predicted octanol–water partition coefficient (Wildman–Crippen LogP) is 4.18. The van der Waals surface area contributed by atoms with E-state index in [0.29, 0.717) is 29.7 Å². The van der Waals surface area contributed by atoms with Crippen molar-refractivity contribution in [2.45, 2.75) is 19.8 Å². The number of methoxy groups -OCH3 is 1. The van der Waals surface area contributed by atoms with E-state index < -0.39 is 5.91 Å². The summed E-state index contributed by atoms with van der Waals surface area (Å²) in [7, 11) is 1.54. The van der Waals surface area contributed by atoms with Gasteiger partial charge in [-0.05, 0) is 37.0 Å². The molecular weight excluding hydrogens is 314 g/mol. The van der Waals surface area contributed by atoms with Crippen LogP contribution in [0.2, 0.25) is 0 Å². The molecule has 130 valence electrons. The zero-order chi connectivity index (χ0) is 18.4. The van der Waals surface area contributed by atoms with Crippen molar-refractivity contribution in [2.24, 2.45) is 5.73 Å². The minimum Gasteiger partial charge on any atom is -0.507 e. The minimum atomic E-state index is -0.676. The summed E-state index contributed by atoms with van der Waals surface area (Å²) in [5.74, 6) is -0.276. The summed E-state index contributed by atoms with van der Waals surface area (Å²) in [4.78, 5) is 11.9. The Kier molecular flexibility index (Phi) is 6.01. The van der Waals surface area contributed by atoms with Crippen molar-refractivity contribution in [2.75, 3.05) is 7.11 Å². The smallest absolute Gasteiger partial charge is 0.253 e. The fraction of sp³-hybridized carbons (Fsp3) is 0.190. The molecule has 0 unspecified atom stereocenters. The van der Waals surface area contributed by atoms with E-state index in [1.807, 2.05) is 43.3 Å². The van der Waals surface area contributed by atoms with Gasteiger partial charge < -0.3 is 15.6 Å². The highest BCUT2D eigenvalue weighted by Gasteiger charge is 2.20. The third-order valence-electron chi connectivity index (χ3n) is 3.92. The Morgan fingerprint density at radius 3 is 2.52 bits per heavy atom. The summed E-state index contributed by atoms with van der Waals surface area (Å²) in [5, 5.41) is 10.6. The number of hydrogen-bond acceptors (Lipinski definition) is 3. The number of hydrogen-bond donors (Lipinski definition) is 2. The second-order valence-electron chi connectivity index (χ2n) is 5.94. The number of nitrogens with two attached hydrogens (primary N) is 1. The molecule has 0 radical (unpaired) electrons. The second kappa shape index (κ2) is 8.20. The maximum Gasteiger partial charge on any atom is 0.253 e. The first-order valence-electron chi connectivity index (χ1n) is 8.04. The molecule has 0 atom stereocenters. The zero-order valence-corrected chi connectivity index (χ0v) is 14.6. The summed E-state index contributed by atoms with van der Waals surface area (Å²) in [6.07, 6.45) is 4.81. The van der Waals surface area contributed by atoms with Crippen molar-refractivity contribution in [3.05, 3.63) is 70.8 Å². The van der Waals surface area contributed by atoms with Crippen LogP contribution in [0, 0.1) is 0 Å². The van der Waals surface area contributed by atoms with E-state index in [9.17, 15) is 9.90 Å². The number of rotatable bonds is 7. The number of aromatic hydroxyl groups is 1. The number of carbonyl (C=O) groups is 1. The lowest BCUT2D eigenvalue weighted by atomic mass is 9.96. The molecule has 0 bridgehead atoms. The summed E-state index contributed by atoms with van der Waals surface area (Å²) < 4.78 is 5.41. The molecule has 0 aromatic heterocycles. The topological polar surface area (TPSA) is 72.5 Å². The monoisotopic (exact) mass is 337 g/mol. The number of primary amides is 1. The van der Waals surface area contributed by atoms with Gasteiger partial charge in [-0.1, -0.05) is 48.1 Å². The van der Waals surface area contributed by atoms with Crippen LogP contribution < -0.4 is 10.5 Å². The molecule has 0 aliphatic heterocycles. The Morgan fingerprint density at radius 2 is 1.96 bits per heavy atom. The molecular formula is C21H23NO3. The lowest BCUT2D eigenvalue weighted by Gasteiger charge is -2.15. The highest BCUT2D eigenvalue weighted by atomic mass is 16.5. The lowest BCUT2D eigenvalue weighted by molar-refractivity contribution is 0.0997. The van der Waals surface area contributed by atoms with E-state index >= 15 is 0 Å². The maximum absolute atomic E-state index is 11.9. The van der Waals surface area contributed by atoms with Crippen molar-refractivity contribution in [3.8, 4) is 11.5 Å². The number of allylic oxidation sites excluding steroid dienone is 1. The van der Waals surface area contributed by atoms with Gasteiger partial charge in [0.1, 0.15) is 11.5 Å². The summed E-state index contributed by atoms with van der Waals surface area (Å²) >= 11 is 0. The molecule has 1 amide bonds. The van der Waals surface area contributed by atoms with Crippen molar-refractivity contribution in [1.82, 2.24) is 0 Å². The molecule has 0 fully saturated rings. The van der Waals surface area contributed by atoms with Crippen LogP contribution in [-0.2, 0) is 6.42 Å². The molecule has 0 aliphatic carbocycles. The van der Waals surface area contributed by atoms with Crippen molar-refractivity contribution in [3.63, 3.8) is 0 Å². The normalized spacial score (nSPS) is 10.8. The number of ether oxygens (including phenoxy) is 1. The number of carbonyl (C=O) groups excluding carboxylic acids is 1. The van der Waals surface area contributed by atoms with Gasteiger partial charge in [0, 0.05) is 5.56 Å². The molecule has 25 heavy (non-hydrogen) atoms. The standard InChI is InChI=1S/C21H23NO3/c1-14(2)9-12-17-18(25-3)13-16(19(20(17)23)21(22)24)11-10-15-7-5-4-6-8-15/h4-8,10-11,13,23H,1,9,12H2,2-3H3,(H2,22,24). The van der Waals surface area contributed by atoms with Crippen LogP contribution >= 0.6 is 0 Å². The third-order valence-corrected chi connectivity index (χ3v) is 3.92. The molecule has 2 aromatic carbocycles. The van der Waals surface area contributed by atoms with E-state index in [1.165, 1.54) is 7.11 Å². The third kappa shape index (κ3) is 4.51. The quantitative estimate of drug-likeness (QED) is 0.588. The van der Waals surface area contributed by atoms with Crippen LogP contribution in [0.3, 0.4) is 0 Å². The van der Waals surface area contributed by atoms with Gasteiger partial charge in [0.25, 0.3) is 5.91 Å². The predicted molar refractivity (Wildman–Crippen MR) is 102 cm³/mol. The van der Waals surface area contributed by atoms with Crippen LogP contribution in [0.5, 0.6) is 11.5 Å². The van der Waals surface area contributed by atoms with E-state index in [0.717, 1.165) is 11.1 Å². The Hall–Kier alpha value is -3.01. The van der Waals surface area contributed by atoms with Crippen LogP contribution in [-0.4, -0.2) is 18.1 Å². The Morgan fingerprint density at radius 1 is 1.28 bits per heavy atom. The fourth-order valence-electron chi connectivity index (χ4n) is 2.61. The Labute approximate surface area is 148 Å². The van der Waals surface area contributed by atoms with Gasteiger partial charge in [-0.15, -0.1) is 6.58 Å². The maximum atomic E-state index is 11.9. The second-order valence-corrected chi connectivity index (χ2v) is 5.94. The Bertz CT molecular complexity index is 808. The average Bonchev–Trinajstić information content (AvgIpc) is 2.58. The molecule has 0 spiro atoms. The first kappa shape index (κ1) is 18.3. The van der Waals surface area contributed by atoms with Crippen molar-refractivity contribution >= 4 is 18.1 Å². The molecule has 4 nitrogen and oxygen atoms in total. The number of benzene rings is 2. The van der Waals surface area contributed by atoms with Gasteiger partial charge in [-0.25, -0.2) is 0 Å². The van der Waals surface area contributed by atoms with Crippen molar-refractivity contribution in [1.29, 1.82) is 0 Å². The molecule has 2 rings (SSSR count). The lowest BCUT2D eigenvalue weighted by Crippen LogP contribution is -2.14. The van der Waals surface area contributed by atoms with Gasteiger partial charge in [-0.3, -0.25) is 4.79 Å². The van der Waals surface area contributed by atoms with Gasteiger partial charge >= 0.3 is 0 Å². The van der Waals surface area contributed by atoms with Crippen LogP contribution in [0.25, 0.3) is 12.2 Å². The highest BCUT2D eigenvalue weighted by Crippen LogP contribution is 2.36. The molecule has 4 heteroatoms. The molecule has 2 aromatic rings. The van der Waals surface area contributed by atoms with Crippen molar-refractivity contribution < 1.29 is 14.6 Å². The first-order valence-corrected chi connectivity index (χ1v) is 8.04. The highest BCUT2D eigenvalue weighted by molar-refractivity contribution is 6.01. The summed E-state index contributed by atoms with van der Waals surface area (Å²) in [6.45, 7) is 5.78. The van der Waals surface area contributed by atoms with E-state index in [4.69, 9.17) is 10.5 Å². The van der Waals surface area contributed by atoms with Gasteiger partial charge in [0.2, 0.25) is 0 Å². The van der Waals surface area contributed by atoms with E-state index in [1.54, 1.807) is 12.1 Å². The minimum absolute atomic E-state index is 0.102. The Balaban J connectivity index is 2.52. The molecule has 0 saturated carbocycles. The molecule has 0 saturated heterocycles. The molecule has 3 N–H and O–H groups in total. The van der Waals surface area contributed by atoms with Crippen LogP contribution in [0.15, 0.2) is 48.6 Å². The van der Waals surface area contributed by atoms with Crippen LogP contribution in [0.1, 0.15) is 40.4 Å².